The summed E-state index contributed by atoms with van der Waals surface area (Å²) >= 11 is 12.2. The van der Waals surface area contributed by atoms with Crippen LogP contribution in [-0.4, -0.2) is 43.2 Å². The maximum Gasteiger partial charge on any atom is 2.00 e. The van der Waals surface area contributed by atoms with E-state index in [1.807, 2.05) is 0 Å². The first-order valence-electron chi connectivity index (χ1n) is 2.47. The van der Waals surface area contributed by atoms with Gasteiger partial charge in [0.25, 0.3) is 0 Å². The summed E-state index contributed by atoms with van der Waals surface area (Å²) in [6, 6.07) is 0. The Labute approximate surface area is 105 Å². The second-order valence-electron chi connectivity index (χ2n) is 1.33. The molecule has 0 amide bonds. The average Bonchev–Trinajstić information content (AvgIpc) is 1.79. The fraction of sp³-hybridized carbons (Fsp3) is 0.500. The summed E-state index contributed by atoms with van der Waals surface area (Å²) in [5, 5.41) is 0. The Hall–Kier alpha value is 1.25. The van der Waals surface area contributed by atoms with Crippen molar-refractivity contribution in [3.8, 4) is 0 Å². The van der Waals surface area contributed by atoms with E-state index in [2.05, 4.69) is 24.4 Å². The van der Waals surface area contributed by atoms with Gasteiger partial charge in [0.05, 0.1) is 0 Å². The molecule has 0 spiro atoms. The third-order valence-corrected chi connectivity index (χ3v) is 2.92. The van der Waals surface area contributed by atoms with Crippen LogP contribution in [0.5, 0.6) is 0 Å². The monoisotopic (exact) mass is 238 g/mol. The third kappa shape index (κ3) is 14.1. The topological polar surface area (TPSA) is 52.0 Å². The van der Waals surface area contributed by atoms with Crippen molar-refractivity contribution in [2.45, 2.75) is 0 Å². The van der Waals surface area contributed by atoms with Crippen molar-refractivity contribution in [1.82, 2.24) is 0 Å². The molecule has 0 heterocycles. The van der Waals surface area contributed by atoms with Gasteiger partial charge in [-0.1, -0.05) is 48.0 Å². The van der Waals surface area contributed by atoms with Gasteiger partial charge in [-0.25, -0.2) is 0 Å². The molecule has 0 aliphatic rings. The van der Waals surface area contributed by atoms with Crippen LogP contribution < -0.4 is 11.5 Å². The predicted molar refractivity (Wildman–Crippen MR) is 66.5 cm³/mol. The molecule has 0 aromatic heterocycles. The first-order valence-corrected chi connectivity index (χ1v) is 5.26. The number of rotatable bonds is 3. The molecular formula is C4H10MgN2S4. The van der Waals surface area contributed by atoms with Gasteiger partial charge in [0.15, 0.2) is 0 Å². The van der Waals surface area contributed by atoms with Gasteiger partial charge in [-0.05, 0) is 0 Å². The maximum atomic E-state index is 5.23. The van der Waals surface area contributed by atoms with Crippen LogP contribution in [0.15, 0.2) is 0 Å². The summed E-state index contributed by atoms with van der Waals surface area (Å²) in [5.74, 6) is 1.74. The number of hydrogen-bond donors (Lipinski definition) is 2. The zero-order valence-corrected chi connectivity index (χ0v) is 10.6. The Balaban J connectivity index is -0.000000135. The number of nitrogens with two attached hydrogens (primary N) is 2. The molecule has 0 aromatic carbocycles. The van der Waals surface area contributed by atoms with Crippen LogP contribution in [0.3, 0.4) is 0 Å². The van der Waals surface area contributed by atoms with Gasteiger partial charge in [-0.3, -0.25) is 0 Å². The Bertz CT molecular complexity index is 132. The van der Waals surface area contributed by atoms with E-state index in [-0.39, 0.29) is 25.9 Å². The van der Waals surface area contributed by atoms with Crippen LogP contribution in [0.25, 0.3) is 0 Å². The van der Waals surface area contributed by atoms with Gasteiger partial charge < -0.3 is 14.3 Å². The molecule has 0 saturated heterocycles. The number of thioether (sulfide) groups is 2. The van der Waals surface area contributed by atoms with Crippen LogP contribution >= 0.6 is 48.0 Å². The van der Waals surface area contributed by atoms with Crippen LogP contribution in [0, 0.1) is 0 Å². The maximum absolute atomic E-state index is 5.23. The Morgan fingerprint density at radius 2 is 1.36 bits per heavy atom. The van der Waals surface area contributed by atoms with E-state index in [0.29, 0.717) is 8.64 Å². The average molecular weight is 239 g/mol. The molecule has 0 atom stereocenters. The van der Waals surface area contributed by atoms with Crippen molar-refractivity contribution in [3.63, 3.8) is 0 Å². The Morgan fingerprint density at radius 1 is 1.09 bits per heavy atom. The van der Waals surface area contributed by atoms with E-state index < -0.39 is 0 Å². The zero-order valence-electron chi connectivity index (χ0n) is 7.91. The molecule has 0 bridgehead atoms. The normalized spacial score (nSPS) is 8.36. The van der Waals surface area contributed by atoms with Gasteiger partial charge in [0.2, 0.25) is 0 Å². The minimum Gasteiger partial charge on any atom is -1.00 e. The van der Waals surface area contributed by atoms with Gasteiger partial charge in [-0.2, -0.15) is 0 Å². The van der Waals surface area contributed by atoms with Crippen molar-refractivity contribution in [2.75, 3.05) is 11.5 Å². The van der Waals surface area contributed by atoms with E-state index in [1.54, 1.807) is 0 Å². The predicted octanol–water partition coefficient (Wildman–Crippen LogP) is 0.784. The molecule has 2 nitrogen and oxygen atoms in total. The van der Waals surface area contributed by atoms with Crippen LogP contribution in [0.4, 0.5) is 0 Å². The molecule has 0 aromatic rings. The largest absolute Gasteiger partial charge is 2.00 e. The fourth-order valence-corrected chi connectivity index (χ4v) is 1.85. The Morgan fingerprint density at radius 3 is 1.55 bits per heavy atom. The smallest absolute Gasteiger partial charge is 1.00 e. The van der Waals surface area contributed by atoms with Gasteiger partial charge >= 0.3 is 23.1 Å². The summed E-state index contributed by atoms with van der Waals surface area (Å²) in [6.45, 7) is 0. The standard InChI is InChI=1S/C4H8N2S4.Mg.2H/c5-3(7)9-1-2-10-4(6)8;;;/h1-2H2,(H2,5,7)(H2,6,8);;;/q;+2;2*-1. The summed E-state index contributed by atoms with van der Waals surface area (Å²) in [7, 11) is 0. The molecule has 0 rings (SSSR count). The molecule has 0 aliphatic carbocycles. The number of hydrogen-bond acceptors (Lipinski definition) is 4. The zero-order chi connectivity index (χ0) is 7.98. The first kappa shape index (κ1) is 14.8. The van der Waals surface area contributed by atoms with Crippen LogP contribution in [0.2, 0.25) is 0 Å². The summed E-state index contributed by atoms with van der Waals surface area (Å²) in [4.78, 5) is 0. The van der Waals surface area contributed by atoms with Gasteiger partial charge in [0, 0.05) is 11.5 Å². The summed E-state index contributed by atoms with van der Waals surface area (Å²) < 4.78 is 0.951. The first-order chi connectivity index (χ1) is 4.63. The summed E-state index contributed by atoms with van der Waals surface area (Å²) in [6.07, 6.45) is 0. The van der Waals surface area contributed by atoms with Crippen molar-refractivity contribution in [1.29, 1.82) is 0 Å². The second-order valence-corrected chi connectivity index (χ2v) is 5.00. The van der Waals surface area contributed by atoms with Crippen LogP contribution in [-0.2, 0) is 0 Å². The van der Waals surface area contributed by atoms with Crippen molar-refractivity contribution < 1.29 is 2.85 Å². The van der Waals surface area contributed by atoms with E-state index in [9.17, 15) is 0 Å². The van der Waals surface area contributed by atoms with E-state index in [0.717, 1.165) is 11.5 Å². The van der Waals surface area contributed by atoms with Gasteiger partial charge in [0.1, 0.15) is 8.64 Å². The van der Waals surface area contributed by atoms with E-state index in [1.165, 1.54) is 23.5 Å². The SMILES string of the molecule is NC(=S)SCCSC(N)=S.[H-].[H-].[Mg+2]. The second kappa shape index (κ2) is 9.34. The molecule has 0 saturated carbocycles. The molecule has 62 valence electrons. The van der Waals surface area contributed by atoms with Crippen LogP contribution in [0.1, 0.15) is 2.85 Å². The van der Waals surface area contributed by atoms with E-state index in [4.69, 9.17) is 11.5 Å². The molecule has 4 N–H and O–H groups in total. The Kier molecular flexibility index (Phi) is 12.5. The number of thiocarbonyl (C=S) groups is 2. The quantitative estimate of drug-likeness (QED) is 0.431. The van der Waals surface area contributed by atoms with E-state index >= 15 is 0 Å². The van der Waals surface area contributed by atoms with Crippen molar-refractivity contribution >= 4 is 79.7 Å². The fourth-order valence-electron chi connectivity index (χ4n) is 0.285. The van der Waals surface area contributed by atoms with Gasteiger partial charge in [-0.15, -0.1) is 0 Å². The molecule has 0 unspecified atom stereocenters. The third-order valence-electron chi connectivity index (χ3n) is 0.572. The summed E-state index contributed by atoms with van der Waals surface area (Å²) in [5.41, 5.74) is 10.5. The molecule has 7 heteroatoms. The molecular weight excluding hydrogens is 229 g/mol. The molecule has 0 radical (unpaired) electrons. The van der Waals surface area contributed by atoms with Crippen molar-refractivity contribution in [3.05, 3.63) is 0 Å². The minimum atomic E-state index is 0. The minimum absolute atomic E-state index is 0. The molecule has 0 fully saturated rings. The van der Waals surface area contributed by atoms with Crippen molar-refractivity contribution in [2.24, 2.45) is 11.5 Å². The molecule has 0 aliphatic heterocycles. The molecule has 11 heavy (non-hydrogen) atoms.